The largest absolute Gasteiger partial charge is 0.251 e. The first-order valence-electron chi connectivity index (χ1n) is 5.11. The Morgan fingerprint density at radius 2 is 1.67 bits per heavy atom. The van der Waals surface area contributed by atoms with Crippen molar-refractivity contribution in [1.82, 2.24) is 0 Å². The zero-order valence-corrected chi connectivity index (χ0v) is 8.73. The van der Waals surface area contributed by atoms with Gasteiger partial charge < -0.3 is 0 Å². The predicted molar refractivity (Wildman–Crippen MR) is 60.7 cm³/mol. The van der Waals surface area contributed by atoms with Gasteiger partial charge in [-0.2, -0.15) is 0 Å². The third kappa shape index (κ3) is 2.17. The zero-order valence-electron chi connectivity index (χ0n) is 8.73. The molecule has 0 unspecified atom stereocenters. The predicted octanol–water partition coefficient (Wildman–Crippen LogP) is 3.39. The lowest BCUT2D eigenvalue weighted by atomic mass is 10.0. The van der Waals surface area contributed by atoms with Crippen molar-refractivity contribution in [3.05, 3.63) is 47.5 Å². The first-order chi connectivity index (χ1) is 7.33. The van der Waals surface area contributed by atoms with E-state index in [9.17, 15) is 0 Å². The summed E-state index contributed by atoms with van der Waals surface area (Å²) in [6.07, 6.45) is 1.04. The molecule has 2 rings (SSSR count). The van der Waals surface area contributed by atoms with Crippen LogP contribution in [0.4, 0.5) is 0 Å². The van der Waals surface area contributed by atoms with Crippen LogP contribution in [-0.4, -0.2) is 5.26 Å². The van der Waals surface area contributed by atoms with Crippen molar-refractivity contribution in [2.75, 3.05) is 0 Å². The normalized spacial score (nSPS) is 10.8. The Hall–Kier alpha value is -1.38. The summed E-state index contributed by atoms with van der Waals surface area (Å²) in [6.45, 7) is 2.38. The van der Waals surface area contributed by atoms with Crippen LogP contribution in [0, 0.1) is 0 Å². The summed E-state index contributed by atoms with van der Waals surface area (Å²) in [5, 5.41) is 10.8. The van der Waals surface area contributed by atoms with Crippen LogP contribution in [0.25, 0.3) is 10.8 Å². The Kier molecular flexibility index (Phi) is 2.99. The Labute approximate surface area is 89.0 Å². The Morgan fingerprint density at radius 1 is 1.00 bits per heavy atom. The highest BCUT2D eigenvalue weighted by molar-refractivity contribution is 5.83. The number of benzene rings is 2. The molecule has 0 amide bonds. The quantitative estimate of drug-likeness (QED) is 0.610. The number of aryl methyl sites for hydroxylation is 1. The maximum Gasteiger partial charge on any atom is 0.107 e. The maximum atomic E-state index is 8.39. The number of hydrogen-bond donors (Lipinski definition) is 1. The summed E-state index contributed by atoms with van der Waals surface area (Å²) in [5.41, 5.74) is 2.31. The van der Waals surface area contributed by atoms with Crippen molar-refractivity contribution >= 4 is 10.8 Å². The number of fused-ring (bicyclic) bond motifs is 1. The maximum absolute atomic E-state index is 8.39. The monoisotopic (exact) mass is 202 g/mol. The van der Waals surface area contributed by atoms with Crippen LogP contribution in [0.2, 0.25) is 0 Å². The van der Waals surface area contributed by atoms with Gasteiger partial charge in [-0.05, 0) is 34.4 Å². The molecule has 0 aliphatic heterocycles. The summed E-state index contributed by atoms with van der Waals surface area (Å²) < 4.78 is 0. The molecule has 0 saturated carbocycles. The topological polar surface area (TPSA) is 29.5 Å². The van der Waals surface area contributed by atoms with Gasteiger partial charge in [-0.25, -0.2) is 4.89 Å². The first kappa shape index (κ1) is 10.1. The summed E-state index contributed by atoms with van der Waals surface area (Å²) in [6, 6.07) is 12.5. The highest BCUT2D eigenvalue weighted by atomic mass is 17.1. The standard InChI is InChI=1S/C13H14O2/c1-2-10-3-5-12-6-4-11(9-15-14)8-13(12)7-10/h3-8,14H,2,9H2,1H3. The van der Waals surface area contributed by atoms with Crippen LogP contribution < -0.4 is 0 Å². The molecule has 0 fully saturated rings. The molecule has 0 spiro atoms. The van der Waals surface area contributed by atoms with E-state index in [1.54, 1.807) is 0 Å². The molecule has 2 aromatic carbocycles. The summed E-state index contributed by atoms with van der Waals surface area (Å²) >= 11 is 0. The van der Waals surface area contributed by atoms with Crippen molar-refractivity contribution < 1.29 is 10.1 Å². The second-order valence-corrected chi connectivity index (χ2v) is 3.64. The fraction of sp³-hybridized carbons (Fsp3) is 0.231. The van der Waals surface area contributed by atoms with Crippen LogP contribution in [0.15, 0.2) is 36.4 Å². The van der Waals surface area contributed by atoms with Crippen LogP contribution in [0.3, 0.4) is 0 Å². The van der Waals surface area contributed by atoms with E-state index < -0.39 is 0 Å². The lowest BCUT2D eigenvalue weighted by Gasteiger charge is -2.03. The molecule has 0 atom stereocenters. The van der Waals surface area contributed by atoms with Gasteiger partial charge in [0.05, 0.1) is 0 Å². The minimum atomic E-state index is 0.242. The van der Waals surface area contributed by atoms with Crippen molar-refractivity contribution in [3.8, 4) is 0 Å². The van der Waals surface area contributed by atoms with Crippen LogP contribution >= 0.6 is 0 Å². The number of hydrogen-bond acceptors (Lipinski definition) is 2. The molecule has 2 heteroatoms. The van der Waals surface area contributed by atoms with Gasteiger partial charge in [-0.3, -0.25) is 5.26 Å². The van der Waals surface area contributed by atoms with E-state index in [1.807, 2.05) is 18.2 Å². The molecule has 2 nitrogen and oxygen atoms in total. The van der Waals surface area contributed by atoms with Crippen LogP contribution in [0.5, 0.6) is 0 Å². The van der Waals surface area contributed by atoms with E-state index in [0.29, 0.717) is 0 Å². The van der Waals surface area contributed by atoms with E-state index in [1.165, 1.54) is 16.3 Å². The Bertz CT molecular complexity index is 463. The minimum absolute atomic E-state index is 0.242. The van der Waals surface area contributed by atoms with E-state index in [0.717, 1.165) is 12.0 Å². The molecule has 0 bridgehead atoms. The van der Waals surface area contributed by atoms with Crippen molar-refractivity contribution in [2.24, 2.45) is 0 Å². The van der Waals surface area contributed by atoms with Crippen LogP contribution in [-0.2, 0) is 17.9 Å². The van der Waals surface area contributed by atoms with Gasteiger partial charge in [-0.1, -0.05) is 37.3 Å². The highest BCUT2D eigenvalue weighted by Crippen LogP contribution is 2.18. The van der Waals surface area contributed by atoms with E-state index in [4.69, 9.17) is 5.26 Å². The summed E-state index contributed by atoms with van der Waals surface area (Å²) in [4.78, 5) is 4.13. The molecule has 78 valence electrons. The van der Waals surface area contributed by atoms with Crippen LogP contribution in [0.1, 0.15) is 18.1 Å². The Morgan fingerprint density at radius 3 is 2.33 bits per heavy atom. The molecule has 0 radical (unpaired) electrons. The molecule has 0 aromatic heterocycles. The minimum Gasteiger partial charge on any atom is -0.251 e. The highest BCUT2D eigenvalue weighted by Gasteiger charge is 1.98. The van der Waals surface area contributed by atoms with Crippen molar-refractivity contribution in [1.29, 1.82) is 0 Å². The number of rotatable bonds is 3. The molecule has 0 aliphatic rings. The average Bonchev–Trinajstić information content (AvgIpc) is 2.28. The van der Waals surface area contributed by atoms with Gasteiger partial charge in [0.15, 0.2) is 0 Å². The molecular formula is C13H14O2. The fourth-order valence-corrected chi connectivity index (χ4v) is 1.73. The second kappa shape index (κ2) is 4.43. The zero-order chi connectivity index (χ0) is 10.7. The molecular weight excluding hydrogens is 188 g/mol. The molecule has 0 aliphatic carbocycles. The molecule has 0 heterocycles. The summed E-state index contributed by atoms with van der Waals surface area (Å²) in [5.74, 6) is 0. The molecule has 15 heavy (non-hydrogen) atoms. The van der Waals surface area contributed by atoms with E-state index in [2.05, 4.69) is 30.0 Å². The fourth-order valence-electron chi connectivity index (χ4n) is 1.73. The lowest BCUT2D eigenvalue weighted by molar-refractivity contribution is -0.252. The van der Waals surface area contributed by atoms with Crippen molar-refractivity contribution in [3.63, 3.8) is 0 Å². The van der Waals surface area contributed by atoms with Crippen molar-refractivity contribution in [2.45, 2.75) is 20.0 Å². The van der Waals surface area contributed by atoms with Gasteiger partial charge in [-0.15, -0.1) is 0 Å². The van der Waals surface area contributed by atoms with Gasteiger partial charge in [0, 0.05) is 0 Å². The Balaban J connectivity index is 2.48. The lowest BCUT2D eigenvalue weighted by Crippen LogP contribution is -1.88. The molecule has 2 aromatic rings. The SMILES string of the molecule is CCc1ccc2ccc(COO)cc2c1. The van der Waals surface area contributed by atoms with Gasteiger partial charge in [0.2, 0.25) is 0 Å². The van der Waals surface area contributed by atoms with E-state index >= 15 is 0 Å². The average molecular weight is 202 g/mol. The van der Waals surface area contributed by atoms with Gasteiger partial charge in [0.1, 0.15) is 6.61 Å². The smallest absolute Gasteiger partial charge is 0.107 e. The third-order valence-corrected chi connectivity index (χ3v) is 2.61. The molecule has 0 saturated heterocycles. The summed E-state index contributed by atoms with van der Waals surface area (Å²) in [7, 11) is 0. The first-order valence-corrected chi connectivity index (χ1v) is 5.11. The van der Waals surface area contributed by atoms with Gasteiger partial charge in [0.25, 0.3) is 0 Å². The van der Waals surface area contributed by atoms with E-state index in [-0.39, 0.29) is 6.61 Å². The third-order valence-electron chi connectivity index (χ3n) is 2.61. The second-order valence-electron chi connectivity index (χ2n) is 3.64. The molecule has 1 N–H and O–H groups in total. The van der Waals surface area contributed by atoms with Gasteiger partial charge >= 0.3 is 0 Å².